The van der Waals surface area contributed by atoms with Crippen molar-refractivity contribution in [3.63, 3.8) is 0 Å². The van der Waals surface area contributed by atoms with E-state index in [9.17, 15) is 5.11 Å². The van der Waals surface area contributed by atoms with Crippen molar-refractivity contribution < 1.29 is 5.11 Å². The summed E-state index contributed by atoms with van der Waals surface area (Å²) in [5.41, 5.74) is 1.37. The Hall–Kier alpha value is -0.900. The van der Waals surface area contributed by atoms with Crippen molar-refractivity contribution >= 4 is 0 Å². The van der Waals surface area contributed by atoms with Crippen LogP contribution in [0.4, 0.5) is 0 Å². The fourth-order valence-corrected chi connectivity index (χ4v) is 2.94. The number of hydrogen-bond donors (Lipinski definition) is 2. The maximum absolute atomic E-state index is 9.75. The molecule has 112 valence electrons. The topological polar surface area (TPSA) is 35.5 Å². The Kier molecular flexibility index (Phi) is 6.51. The van der Waals surface area contributed by atoms with Crippen LogP contribution in [-0.4, -0.2) is 42.3 Å². The minimum Gasteiger partial charge on any atom is -0.392 e. The average Bonchev–Trinajstić information content (AvgIpc) is 2.48. The maximum Gasteiger partial charge on any atom is 0.0667 e. The van der Waals surface area contributed by atoms with Crippen LogP contribution in [-0.2, 0) is 0 Å². The maximum atomic E-state index is 9.75. The number of β-amino-alcohol motifs (C(OH)–C–C–N with tert-alkyl or cyclic N) is 1. The lowest BCUT2D eigenvalue weighted by molar-refractivity contribution is 0.0685. The van der Waals surface area contributed by atoms with Crippen molar-refractivity contribution in [1.29, 1.82) is 0 Å². The Bertz CT molecular complexity index is 369. The van der Waals surface area contributed by atoms with Crippen molar-refractivity contribution in [1.82, 2.24) is 10.2 Å². The fourth-order valence-electron chi connectivity index (χ4n) is 2.94. The number of nitrogens with zero attached hydrogens (tertiary/aromatic N) is 1. The van der Waals surface area contributed by atoms with E-state index < -0.39 is 0 Å². The minimum absolute atomic E-state index is 0.123. The van der Waals surface area contributed by atoms with E-state index in [2.05, 4.69) is 47.5 Å². The minimum atomic E-state index is -0.123. The van der Waals surface area contributed by atoms with Crippen molar-refractivity contribution in [3.8, 4) is 0 Å². The summed E-state index contributed by atoms with van der Waals surface area (Å²) in [6.07, 6.45) is 4.23. The Morgan fingerprint density at radius 2 is 2.15 bits per heavy atom. The third-order valence-corrected chi connectivity index (χ3v) is 4.06. The summed E-state index contributed by atoms with van der Waals surface area (Å²) in [7, 11) is 0. The highest BCUT2D eigenvalue weighted by molar-refractivity contribution is 5.18. The highest BCUT2D eigenvalue weighted by Crippen LogP contribution is 2.18. The van der Waals surface area contributed by atoms with E-state index in [1.807, 2.05) is 0 Å². The predicted molar refractivity (Wildman–Crippen MR) is 83.8 cm³/mol. The lowest BCUT2D eigenvalue weighted by Crippen LogP contribution is -2.39. The molecule has 0 aliphatic carbocycles. The number of benzene rings is 1. The molecule has 3 heteroatoms. The summed E-state index contributed by atoms with van der Waals surface area (Å²) >= 11 is 0. The third kappa shape index (κ3) is 4.89. The molecule has 1 aromatic rings. The number of rotatable bonds is 7. The third-order valence-electron chi connectivity index (χ3n) is 4.06. The van der Waals surface area contributed by atoms with Gasteiger partial charge in [0, 0.05) is 19.1 Å². The summed E-state index contributed by atoms with van der Waals surface area (Å²) in [4.78, 5) is 2.40. The van der Waals surface area contributed by atoms with E-state index in [-0.39, 0.29) is 6.10 Å². The van der Waals surface area contributed by atoms with Gasteiger partial charge in [-0.05, 0) is 44.3 Å². The Balaban J connectivity index is 1.87. The first-order chi connectivity index (χ1) is 9.79. The monoisotopic (exact) mass is 276 g/mol. The summed E-state index contributed by atoms with van der Waals surface area (Å²) < 4.78 is 0. The van der Waals surface area contributed by atoms with Crippen LogP contribution in [0, 0.1) is 0 Å². The first kappa shape index (κ1) is 15.5. The van der Waals surface area contributed by atoms with E-state index in [0.29, 0.717) is 6.04 Å². The van der Waals surface area contributed by atoms with Crippen LogP contribution in [0.2, 0.25) is 0 Å². The molecule has 2 N–H and O–H groups in total. The van der Waals surface area contributed by atoms with Crippen LogP contribution < -0.4 is 5.32 Å². The molecule has 2 unspecified atom stereocenters. The van der Waals surface area contributed by atoms with Gasteiger partial charge in [-0.1, -0.05) is 37.3 Å². The van der Waals surface area contributed by atoms with Crippen LogP contribution >= 0.6 is 0 Å². The van der Waals surface area contributed by atoms with Crippen LogP contribution in [0.1, 0.15) is 44.2 Å². The molecule has 1 saturated heterocycles. The van der Waals surface area contributed by atoms with Gasteiger partial charge in [0.15, 0.2) is 0 Å². The van der Waals surface area contributed by atoms with Gasteiger partial charge in [-0.3, -0.25) is 0 Å². The standard InChI is InChI=1S/C17H28N2O/c1-2-11-18-17(15-7-4-3-5-8-15)10-13-19-12-6-9-16(20)14-19/h3-5,7-8,16-18,20H,2,6,9-14H2,1H3. The summed E-state index contributed by atoms with van der Waals surface area (Å²) in [6.45, 7) is 6.30. The molecule has 0 bridgehead atoms. The molecule has 2 atom stereocenters. The molecule has 0 saturated carbocycles. The Morgan fingerprint density at radius 1 is 1.35 bits per heavy atom. The second-order valence-corrected chi connectivity index (χ2v) is 5.80. The van der Waals surface area contributed by atoms with Crippen LogP contribution in [0.25, 0.3) is 0 Å². The molecule has 0 radical (unpaired) electrons. The molecule has 0 amide bonds. The molecule has 1 fully saturated rings. The Morgan fingerprint density at radius 3 is 2.85 bits per heavy atom. The average molecular weight is 276 g/mol. The zero-order chi connectivity index (χ0) is 14.2. The molecule has 3 nitrogen and oxygen atoms in total. The van der Waals surface area contributed by atoms with Gasteiger partial charge in [-0.25, -0.2) is 0 Å². The zero-order valence-electron chi connectivity index (χ0n) is 12.6. The van der Waals surface area contributed by atoms with Gasteiger partial charge in [0.05, 0.1) is 6.10 Å². The van der Waals surface area contributed by atoms with E-state index in [0.717, 1.165) is 51.9 Å². The number of likely N-dealkylation sites (tertiary alicyclic amines) is 1. The van der Waals surface area contributed by atoms with E-state index in [1.165, 1.54) is 5.56 Å². The number of nitrogens with one attached hydrogen (secondary N) is 1. The largest absolute Gasteiger partial charge is 0.392 e. The molecule has 0 aromatic heterocycles. The van der Waals surface area contributed by atoms with Crippen molar-refractivity contribution in [2.24, 2.45) is 0 Å². The molecule has 20 heavy (non-hydrogen) atoms. The van der Waals surface area contributed by atoms with Gasteiger partial charge in [-0.15, -0.1) is 0 Å². The predicted octanol–water partition coefficient (Wildman–Crippen LogP) is 2.57. The van der Waals surface area contributed by atoms with Gasteiger partial charge >= 0.3 is 0 Å². The molecular formula is C17H28N2O. The van der Waals surface area contributed by atoms with Gasteiger partial charge < -0.3 is 15.3 Å². The highest BCUT2D eigenvalue weighted by Gasteiger charge is 2.19. The van der Waals surface area contributed by atoms with Gasteiger partial charge in [0.25, 0.3) is 0 Å². The number of hydrogen-bond acceptors (Lipinski definition) is 3. The van der Waals surface area contributed by atoms with E-state index >= 15 is 0 Å². The summed E-state index contributed by atoms with van der Waals surface area (Å²) in [6, 6.07) is 11.1. The fraction of sp³-hybridized carbons (Fsp3) is 0.647. The molecule has 1 aromatic carbocycles. The highest BCUT2D eigenvalue weighted by atomic mass is 16.3. The second-order valence-electron chi connectivity index (χ2n) is 5.80. The SMILES string of the molecule is CCCNC(CCN1CCCC(O)C1)c1ccccc1. The molecular weight excluding hydrogens is 248 g/mol. The quantitative estimate of drug-likeness (QED) is 0.803. The van der Waals surface area contributed by atoms with Crippen molar-refractivity contribution in [2.75, 3.05) is 26.2 Å². The number of piperidine rings is 1. The van der Waals surface area contributed by atoms with Gasteiger partial charge in [-0.2, -0.15) is 0 Å². The normalized spacial score (nSPS) is 21.8. The number of aliphatic hydroxyl groups is 1. The molecule has 1 aliphatic heterocycles. The molecule has 0 spiro atoms. The van der Waals surface area contributed by atoms with Crippen molar-refractivity contribution in [3.05, 3.63) is 35.9 Å². The number of aliphatic hydroxyl groups excluding tert-OH is 1. The summed E-state index contributed by atoms with van der Waals surface area (Å²) in [5, 5.41) is 13.4. The Labute approximate surface area is 123 Å². The molecule has 2 rings (SSSR count). The second kappa shape index (κ2) is 8.40. The van der Waals surface area contributed by atoms with Gasteiger partial charge in [0.2, 0.25) is 0 Å². The zero-order valence-corrected chi connectivity index (χ0v) is 12.6. The first-order valence-electron chi connectivity index (χ1n) is 7.98. The smallest absolute Gasteiger partial charge is 0.0667 e. The first-order valence-corrected chi connectivity index (χ1v) is 7.98. The van der Waals surface area contributed by atoms with E-state index in [1.54, 1.807) is 0 Å². The van der Waals surface area contributed by atoms with Crippen LogP contribution in [0.15, 0.2) is 30.3 Å². The lowest BCUT2D eigenvalue weighted by atomic mass is 10.0. The van der Waals surface area contributed by atoms with Crippen LogP contribution in [0.3, 0.4) is 0 Å². The van der Waals surface area contributed by atoms with E-state index in [4.69, 9.17) is 0 Å². The van der Waals surface area contributed by atoms with Gasteiger partial charge in [0.1, 0.15) is 0 Å². The van der Waals surface area contributed by atoms with Crippen molar-refractivity contribution in [2.45, 2.75) is 44.8 Å². The lowest BCUT2D eigenvalue weighted by Gasteiger charge is -2.31. The summed E-state index contributed by atoms with van der Waals surface area (Å²) in [5.74, 6) is 0. The van der Waals surface area contributed by atoms with Crippen LogP contribution in [0.5, 0.6) is 0 Å². The molecule has 1 heterocycles. The molecule has 1 aliphatic rings.